The molecule has 7 nitrogen and oxygen atoms in total. The van der Waals surface area contributed by atoms with E-state index in [9.17, 15) is 9.59 Å². The average molecular weight is 470 g/mol. The van der Waals surface area contributed by atoms with E-state index in [1.807, 2.05) is 91.0 Å². The second-order valence-electron chi connectivity index (χ2n) is 7.86. The molecule has 0 spiro atoms. The molecule has 0 aliphatic rings. The van der Waals surface area contributed by atoms with Crippen LogP contribution >= 0.6 is 0 Å². The Labute approximate surface area is 204 Å². The van der Waals surface area contributed by atoms with Gasteiger partial charge in [0.05, 0.1) is 13.7 Å². The van der Waals surface area contributed by atoms with Gasteiger partial charge in [-0.25, -0.2) is 4.79 Å². The maximum atomic E-state index is 12.9. The largest absolute Gasteiger partial charge is 0.468 e. The summed E-state index contributed by atoms with van der Waals surface area (Å²) in [7, 11) is 1.31. The van der Waals surface area contributed by atoms with E-state index in [2.05, 4.69) is 10.4 Å². The molecule has 0 aliphatic carbocycles. The minimum absolute atomic E-state index is 0.139. The van der Waals surface area contributed by atoms with Crippen LogP contribution < -0.4 is 5.32 Å². The normalized spacial score (nSPS) is 11.0. The van der Waals surface area contributed by atoms with Crippen LogP contribution in [0, 0.1) is 0 Å². The molecule has 3 aromatic carbocycles. The zero-order valence-electron chi connectivity index (χ0n) is 19.7. The maximum absolute atomic E-state index is 12.9. The van der Waals surface area contributed by atoms with Gasteiger partial charge in [0.15, 0.2) is 5.82 Å². The van der Waals surface area contributed by atoms with E-state index in [0.29, 0.717) is 5.82 Å². The maximum Gasteiger partial charge on any atom is 0.343 e. The van der Waals surface area contributed by atoms with Crippen molar-refractivity contribution in [3.8, 4) is 0 Å². The van der Waals surface area contributed by atoms with Gasteiger partial charge in [-0.1, -0.05) is 91.0 Å². The van der Waals surface area contributed by atoms with Crippen molar-refractivity contribution in [1.82, 2.24) is 9.78 Å². The average Bonchev–Trinajstić information content (AvgIpc) is 3.30. The summed E-state index contributed by atoms with van der Waals surface area (Å²) in [6.07, 6.45) is 1.50. The fourth-order valence-corrected chi connectivity index (χ4v) is 4.11. The Morgan fingerprint density at radius 1 is 0.857 bits per heavy atom. The summed E-state index contributed by atoms with van der Waals surface area (Å²) in [5.74, 6) is -0.715. The van der Waals surface area contributed by atoms with Gasteiger partial charge in [0, 0.05) is 6.20 Å². The number of esters is 2. The number of rotatable bonds is 9. The lowest BCUT2D eigenvalue weighted by Gasteiger charge is -2.37. The minimum Gasteiger partial charge on any atom is -0.468 e. The van der Waals surface area contributed by atoms with Crippen molar-refractivity contribution in [3.63, 3.8) is 0 Å². The molecule has 0 unspecified atom stereocenters. The summed E-state index contributed by atoms with van der Waals surface area (Å²) < 4.78 is 11.5. The quantitative estimate of drug-likeness (QED) is 0.284. The van der Waals surface area contributed by atoms with Crippen molar-refractivity contribution in [2.24, 2.45) is 0 Å². The van der Waals surface area contributed by atoms with E-state index in [-0.39, 0.29) is 18.7 Å². The lowest BCUT2D eigenvalue weighted by molar-refractivity contribution is -0.141. The molecule has 35 heavy (non-hydrogen) atoms. The van der Waals surface area contributed by atoms with Gasteiger partial charge in [-0.05, 0) is 23.6 Å². The van der Waals surface area contributed by atoms with Gasteiger partial charge in [-0.2, -0.15) is 5.10 Å². The summed E-state index contributed by atoms with van der Waals surface area (Å²) in [6.45, 7) is 1.81. The van der Waals surface area contributed by atoms with Crippen molar-refractivity contribution >= 4 is 17.8 Å². The highest BCUT2D eigenvalue weighted by Gasteiger charge is 2.38. The summed E-state index contributed by atoms with van der Waals surface area (Å²) in [5.41, 5.74) is 2.19. The molecule has 7 heteroatoms. The Hall–Kier alpha value is -4.39. The molecule has 1 N–H and O–H groups in total. The van der Waals surface area contributed by atoms with Crippen molar-refractivity contribution in [1.29, 1.82) is 0 Å². The Morgan fingerprint density at radius 3 is 1.77 bits per heavy atom. The van der Waals surface area contributed by atoms with Crippen LogP contribution in [0.25, 0.3) is 0 Å². The molecule has 0 saturated heterocycles. The molecule has 0 saturated carbocycles. The topological polar surface area (TPSA) is 82.5 Å². The van der Waals surface area contributed by atoms with E-state index in [1.165, 1.54) is 18.0 Å². The van der Waals surface area contributed by atoms with E-state index in [1.54, 1.807) is 6.92 Å². The number of carbonyl (C=O) groups excluding carboxylic acids is 2. The number of anilines is 1. The highest BCUT2D eigenvalue weighted by Crippen LogP contribution is 2.40. The Balaban J connectivity index is 1.95. The van der Waals surface area contributed by atoms with E-state index in [4.69, 9.17) is 9.47 Å². The van der Waals surface area contributed by atoms with Crippen LogP contribution in [-0.4, -0.2) is 35.4 Å². The molecule has 0 aliphatic heterocycles. The van der Waals surface area contributed by atoms with Gasteiger partial charge < -0.3 is 14.8 Å². The number of hydrogen-bond donors (Lipinski definition) is 1. The summed E-state index contributed by atoms with van der Waals surface area (Å²) in [4.78, 5) is 24.8. The van der Waals surface area contributed by atoms with E-state index >= 15 is 0 Å². The lowest BCUT2D eigenvalue weighted by Crippen LogP contribution is -2.38. The van der Waals surface area contributed by atoms with Gasteiger partial charge in [0.25, 0.3) is 0 Å². The second-order valence-corrected chi connectivity index (χ2v) is 7.86. The van der Waals surface area contributed by atoms with Gasteiger partial charge in [-0.3, -0.25) is 9.48 Å². The molecule has 0 atom stereocenters. The Morgan fingerprint density at radius 2 is 1.34 bits per heavy atom. The predicted octanol–water partition coefficient (Wildman–Crippen LogP) is 4.64. The van der Waals surface area contributed by atoms with Crippen LogP contribution in [0.3, 0.4) is 0 Å². The molecular weight excluding hydrogens is 442 g/mol. The second kappa shape index (κ2) is 10.7. The molecular formula is C28H27N3O4. The molecule has 0 bridgehead atoms. The van der Waals surface area contributed by atoms with Crippen molar-refractivity contribution in [3.05, 3.63) is 119 Å². The fourth-order valence-electron chi connectivity index (χ4n) is 4.11. The monoisotopic (exact) mass is 469 g/mol. The first-order valence-corrected chi connectivity index (χ1v) is 11.3. The number of benzene rings is 3. The number of aromatic nitrogens is 2. The first-order valence-electron chi connectivity index (χ1n) is 11.3. The highest BCUT2D eigenvalue weighted by atomic mass is 16.5. The molecule has 1 aromatic heterocycles. The van der Waals surface area contributed by atoms with E-state index < -0.39 is 17.5 Å². The molecule has 1 heterocycles. The minimum atomic E-state index is -0.893. The third-order valence-electron chi connectivity index (χ3n) is 5.70. The van der Waals surface area contributed by atoms with Crippen molar-refractivity contribution in [2.45, 2.75) is 19.0 Å². The third kappa shape index (κ3) is 4.94. The van der Waals surface area contributed by atoms with Gasteiger partial charge >= 0.3 is 11.9 Å². The van der Waals surface area contributed by atoms with Gasteiger partial charge in [0.2, 0.25) is 0 Å². The molecule has 0 amide bonds. The summed E-state index contributed by atoms with van der Waals surface area (Å²) in [5, 5.41) is 8.14. The van der Waals surface area contributed by atoms with Gasteiger partial charge in [0.1, 0.15) is 17.6 Å². The van der Waals surface area contributed by atoms with Crippen LogP contribution in [0.5, 0.6) is 0 Å². The van der Waals surface area contributed by atoms with Crippen molar-refractivity contribution < 1.29 is 19.1 Å². The number of ether oxygens (including phenoxy) is 2. The highest BCUT2D eigenvalue weighted by molar-refractivity contribution is 5.95. The predicted molar refractivity (Wildman–Crippen MR) is 133 cm³/mol. The first kappa shape index (κ1) is 23.8. The smallest absolute Gasteiger partial charge is 0.343 e. The van der Waals surface area contributed by atoms with Crippen LogP contribution in [-0.2, 0) is 26.4 Å². The van der Waals surface area contributed by atoms with Crippen LogP contribution in [0.2, 0.25) is 0 Å². The van der Waals surface area contributed by atoms with Crippen LogP contribution in [0.15, 0.2) is 97.2 Å². The molecule has 0 fully saturated rings. The fraction of sp³-hybridized carbons (Fsp3) is 0.179. The lowest BCUT2D eigenvalue weighted by atomic mass is 9.77. The van der Waals surface area contributed by atoms with Crippen LogP contribution in [0.1, 0.15) is 34.0 Å². The number of carbonyl (C=O) groups is 2. The van der Waals surface area contributed by atoms with E-state index in [0.717, 1.165) is 16.7 Å². The third-order valence-corrected chi connectivity index (χ3v) is 5.70. The molecule has 178 valence electrons. The summed E-state index contributed by atoms with van der Waals surface area (Å²) in [6, 6.07) is 29.9. The molecule has 4 rings (SSSR count). The Bertz CT molecular complexity index is 1170. The standard InChI is InChI=1S/C28H27N3O4/c1-3-35-27(33)24-19-31(20-25(32)34-2)30-26(24)29-28(21-13-7-4-8-14-21,22-15-9-5-10-16-22)23-17-11-6-12-18-23/h4-19H,3,20H2,1-2H3,(H,29,30). The zero-order chi connectivity index (χ0) is 24.7. The number of nitrogens with one attached hydrogen (secondary N) is 1. The number of methoxy groups -OCH3 is 1. The Kier molecular flexibility index (Phi) is 7.26. The first-order chi connectivity index (χ1) is 17.1. The van der Waals surface area contributed by atoms with Crippen LogP contribution in [0.4, 0.5) is 5.82 Å². The molecule has 4 aromatic rings. The summed E-state index contributed by atoms with van der Waals surface area (Å²) >= 11 is 0. The molecule has 0 radical (unpaired) electrons. The zero-order valence-corrected chi connectivity index (χ0v) is 19.7. The van der Waals surface area contributed by atoms with Crippen molar-refractivity contribution in [2.75, 3.05) is 19.0 Å². The SMILES string of the molecule is CCOC(=O)c1cn(CC(=O)OC)nc1NC(c1ccccc1)(c1ccccc1)c1ccccc1. The number of nitrogens with zero attached hydrogens (tertiary/aromatic N) is 2. The van der Waals surface area contributed by atoms with Gasteiger partial charge in [-0.15, -0.1) is 0 Å². The number of hydrogen-bond acceptors (Lipinski definition) is 6.